The summed E-state index contributed by atoms with van der Waals surface area (Å²) in [6, 6.07) is 8.83. The number of carbonyl (C=O) groups excluding carboxylic acids is 2. The molecule has 0 bridgehead atoms. The fraction of sp³-hybridized carbons (Fsp3) is 0.500. The highest BCUT2D eigenvalue weighted by molar-refractivity contribution is 6.40. The molecule has 8 nitrogen and oxygen atoms in total. The Bertz CT molecular complexity index is 1250. The Balaban J connectivity index is 1.12. The lowest BCUT2D eigenvalue weighted by Crippen LogP contribution is -2.61. The molecule has 3 aliphatic heterocycles. The molecule has 3 saturated heterocycles. The molecule has 3 fully saturated rings. The number of aliphatic hydroxyl groups is 1. The normalized spacial score (nSPS) is 20.6. The molecular weight excluding hydrogens is 598 g/mol. The molecule has 12 heteroatoms. The number of benzene rings is 2. The number of nitrogens with one attached hydrogen (secondary N) is 1. The maximum atomic E-state index is 13.2. The second-order valence-corrected chi connectivity index (χ2v) is 12.4. The van der Waals surface area contributed by atoms with E-state index in [2.05, 4.69) is 10.2 Å². The maximum absolute atomic E-state index is 13.2. The van der Waals surface area contributed by atoms with Crippen LogP contribution in [0, 0.1) is 0 Å². The third-order valence-corrected chi connectivity index (χ3v) is 9.13. The summed E-state index contributed by atoms with van der Waals surface area (Å²) in [5.41, 5.74) is -0.348. The summed E-state index contributed by atoms with van der Waals surface area (Å²) in [6.07, 6.45) is 1.63. The smallest absolute Gasteiger partial charge is 0.258 e. The van der Waals surface area contributed by atoms with E-state index in [0.29, 0.717) is 76.7 Å². The van der Waals surface area contributed by atoms with Gasteiger partial charge in [0.2, 0.25) is 0 Å². The van der Waals surface area contributed by atoms with Crippen LogP contribution in [0.4, 0.5) is 5.69 Å². The topological polar surface area (TPSA) is 85.3 Å². The first-order valence-electron chi connectivity index (χ1n) is 13.4. The average Bonchev–Trinajstić information content (AvgIpc) is 2.91. The van der Waals surface area contributed by atoms with Gasteiger partial charge < -0.3 is 25.0 Å². The van der Waals surface area contributed by atoms with Gasteiger partial charge in [0.05, 0.1) is 34.9 Å². The average molecular weight is 630 g/mol. The number of ether oxygens (including phenoxy) is 1. The number of halogens is 4. The molecule has 2 aromatic rings. The molecule has 2 aromatic carbocycles. The van der Waals surface area contributed by atoms with Crippen molar-refractivity contribution in [1.82, 2.24) is 14.7 Å². The van der Waals surface area contributed by atoms with Crippen molar-refractivity contribution < 1.29 is 19.4 Å². The number of morpholine rings is 1. The Labute approximate surface area is 254 Å². The summed E-state index contributed by atoms with van der Waals surface area (Å²) in [7, 11) is 0. The van der Waals surface area contributed by atoms with E-state index in [-0.39, 0.29) is 17.9 Å². The summed E-state index contributed by atoms with van der Waals surface area (Å²) in [5, 5.41) is 15.9. The van der Waals surface area contributed by atoms with Gasteiger partial charge in [0.25, 0.3) is 11.8 Å². The van der Waals surface area contributed by atoms with Crippen molar-refractivity contribution in [3.63, 3.8) is 0 Å². The van der Waals surface area contributed by atoms with Gasteiger partial charge in [-0.2, -0.15) is 0 Å². The van der Waals surface area contributed by atoms with E-state index in [1.54, 1.807) is 34.1 Å². The first-order valence-corrected chi connectivity index (χ1v) is 14.9. The summed E-state index contributed by atoms with van der Waals surface area (Å²) in [5.74, 6) is -0.552. The molecule has 3 aliphatic rings. The van der Waals surface area contributed by atoms with E-state index >= 15 is 0 Å². The van der Waals surface area contributed by atoms with E-state index in [0.717, 1.165) is 31.6 Å². The van der Waals surface area contributed by atoms with Gasteiger partial charge in [-0.15, -0.1) is 0 Å². The van der Waals surface area contributed by atoms with Crippen molar-refractivity contribution in [2.75, 3.05) is 57.8 Å². The quantitative estimate of drug-likeness (QED) is 0.479. The monoisotopic (exact) mass is 628 g/mol. The first kappa shape index (κ1) is 29.7. The number of anilines is 1. The second-order valence-electron chi connectivity index (χ2n) is 10.7. The van der Waals surface area contributed by atoms with Gasteiger partial charge in [-0.3, -0.25) is 14.5 Å². The lowest BCUT2D eigenvalue weighted by Gasteiger charge is -2.48. The van der Waals surface area contributed by atoms with Crippen LogP contribution in [0.5, 0.6) is 0 Å². The second kappa shape index (κ2) is 12.2. The molecular formula is C28H32Cl4N4O4. The molecule has 3 heterocycles. The molecule has 0 saturated carbocycles. The predicted molar refractivity (Wildman–Crippen MR) is 158 cm³/mol. The maximum Gasteiger partial charge on any atom is 0.258 e. The number of piperidine rings is 1. The molecule has 0 unspecified atom stereocenters. The molecule has 0 aliphatic carbocycles. The zero-order valence-electron chi connectivity index (χ0n) is 22.1. The van der Waals surface area contributed by atoms with Crippen LogP contribution >= 0.6 is 46.4 Å². The lowest BCUT2D eigenvalue weighted by atomic mass is 9.92. The van der Waals surface area contributed by atoms with Crippen LogP contribution in [0.15, 0.2) is 30.3 Å². The van der Waals surface area contributed by atoms with E-state index < -0.39 is 5.60 Å². The van der Waals surface area contributed by atoms with Crippen LogP contribution in [0.2, 0.25) is 20.1 Å². The van der Waals surface area contributed by atoms with E-state index in [1.807, 2.05) is 0 Å². The highest BCUT2D eigenvalue weighted by Gasteiger charge is 2.41. The van der Waals surface area contributed by atoms with Crippen LogP contribution in [0.1, 0.15) is 35.7 Å². The zero-order valence-corrected chi connectivity index (χ0v) is 25.2. The number of likely N-dealkylation sites (tertiary alicyclic amines) is 2. The third-order valence-electron chi connectivity index (χ3n) is 7.97. The molecule has 216 valence electrons. The fourth-order valence-electron chi connectivity index (χ4n) is 5.65. The van der Waals surface area contributed by atoms with Gasteiger partial charge in [-0.25, -0.2) is 0 Å². The minimum atomic E-state index is -1.76. The Morgan fingerprint density at radius 1 is 0.925 bits per heavy atom. The van der Waals surface area contributed by atoms with Crippen LogP contribution in [0.3, 0.4) is 0 Å². The van der Waals surface area contributed by atoms with Gasteiger partial charge in [0.1, 0.15) is 0 Å². The Morgan fingerprint density at radius 2 is 1.55 bits per heavy atom. The Hall–Kier alpha value is -1.78. The van der Waals surface area contributed by atoms with Crippen molar-refractivity contribution in [3.8, 4) is 0 Å². The van der Waals surface area contributed by atoms with Crippen molar-refractivity contribution in [3.05, 3.63) is 61.5 Å². The number of carbonyl (C=O) groups is 2. The Morgan fingerprint density at radius 3 is 2.17 bits per heavy atom. The number of rotatable bonds is 6. The van der Waals surface area contributed by atoms with Crippen LogP contribution < -0.4 is 5.32 Å². The van der Waals surface area contributed by atoms with Crippen molar-refractivity contribution >= 4 is 63.9 Å². The number of hydrogen-bond acceptors (Lipinski definition) is 6. The predicted octanol–water partition coefficient (Wildman–Crippen LogP) is 4.77. The molecule has 1 atom stereocenters. The van der Waals surface area contributed by atoms with E-state index in [1.165, 1.54) is 13.0 Å². The minimum Gasteiger partial charge on any atom is -0.380 e. The molecule has 5 rings (SSSR count). The highest BCUT2D eigenvalue weighted by Crippen LogP contribution is 2.34. The lowest BCUT2D eigenvalue weighted by molar-refractivity contribution is -0.152. The summed E-state index contributed by atoms with van der Waals surface area (Å²) in [6.45, 7) is 6.31. The minimum absolute atomic E-state index is 0.179. The van der Waals surface area contributed by atoms with Crippen LogP contribution in [-0.2, 0) is 15.1 Å². The Kier molecular flexibility index (Phi) is 9.07. The number of amides is 2. The van der Waals surface area contributed by atoms with Crippen molar-refractivity contribution in [2.24, 2.45) is 0 Å². The molecule has 0 radical (unpaired) electrons. The van der Waals surface area contributed by atoms with Crippen molar-refractivity contribution in [1.29, 1.82) is 0 Å². The van der Waals surface area contributed by atoms with E-state index in [9.17, 15) is 14.7 Å². The molecule has 40 heavy (non-hydrogen) atoms. The first-order chi connectivity index (χ1) is 19.0. The molecule has 0 spiro atoms. The van der Waals surface area contributed by atoms with Gasteiger partial charge in [-0.05, 0) is 50.1 Å². The van der Waals surface area contributed by atoms with Crippen LogP contribution in [0.25, 0.3) is 0 Å². The molecule has 0 aromatic heterocycles. The molecule has 2 N–H and O–H groups in total. The standard InChI is InChI=1S/C28H32Cl4N4O4/c1-28(39,21-12-17(29)2-3-22(21)30)27(38)35-6-4-20(5-7-35)36-15-19(16-36)33-18-13-23(31)25(24(32)14-18)26(37)34-8-10-40-11-9-34/h2-3,12-14,19-20,33,39H,4-11,15-16H2,1H3/t28-/m0/s1. The van der Waals surface area contributed by atoms with E-state index in [4.69, 9.17) is 51.1 Å². The van der Waals surface area contributed by atoms with Gasteiger partial charge >= 0.3 is 0 Å². The summed E-state index contributed by atoms with van der Waals surface area (Å²) < 4.78 is 5.32. The van der Waals surface area contributed by atoms with Gasteiger partial charge in [-0.1, -0.05) is 46.4 Å². The van der Waals surface area contributed by atoms with Crippen molar-refractivity contribution in [2.45, 2.75) is 37.5 Å². The largest absolute Gasteiger partial charge is 0.380 e. The van der Waals surface area contributed by atoms with Gasteiger partial charge in [0, 0.05) is 66.6 Å². The summed E-state index contributed by atoms with van der Waals surface area (Å²) in [4.78, 5) is 31.9. The SMILES string of the molecule is C[C@@](O)(C(=O)N1CCC(N2CC(Nc3cc(Cl)c(C(=O)N4CCOCC4)c(Cl)c3)C2)CC1)c1cc(Cl)ccc1Cl. The fourth-order valence-corrected chi connectivity index (χ4v) is 6.77. The molecule has 2 amide bonds. The number of hydrogen-bond donors (Lipinski definition) is 2. The van der Waals surface area contributed by atoms with Gasteiger partial charge in [0.15, 0.2) is 5.60 Å². The zero-order chi connectivity index (χ0) is 28.6. The third kappa shape index (κ3) is 6.19. The number of nitrogens with zero attached hydrogens (tertiary/aromatic N) is 3. The van der Waals surface area contributed by atoms with Crippen LogP contribution in [-0.4, -0.2) is 96.2 Å². The highest BCUT2D eigenvalue weighted by atomic mass is 35.5. The summed E-state index contributed by atoms with van der Waals surface area (Å²) >= 11 is 25.3.